The fourth-order valence-electron chi connectivity index (χ4n) is 7.32. The molecule has 0 aromatic heterocycles. The van der Waals surface area contributed by atoms with Gasteiger partial charge in [-0.1, -0.05) is 217 Å². The SMILES string of the molecule is CCC/C=C/C(O)C(COP(=O)(O)OCC[N+](C)(C)C)NC(=O)CCCCCCCCCCCCCCCCCCCCCCCCC/C=C\C/C=C\CCCCCCC. The molecule has 0 aromatic carbocycles. The van der Waals surface area contributed by atoms with E-state index in [0.717, 1.165) is 38.5 Å². The van der Waals surface area contributed by atoms with E-state index in [2.05, 4.69) is 36.5 Å². The Bertz CT molecular complexity index is 1070. The van der Waals surface area contributed by atoms with Crippen LogP contribution in [0.2, 0.25) is 0 Å². The standard InChI is InChI=1S/C51H99N2O6P/c1-6-8-10-11-12-13-14-15-16-17-18-19-20-21-22-23-24-25-26-27-28-29-30-31-32-33-34-35-36-37-38-39-40-41-43-45-51(55)52-49(50(54)44-42-9-7-2)48-59-60(56,57)58-47-46-53(3,4)5/h14-15,17-18,42,44,49-50,54H,6-13,16,19-41,43,45-48H2,1-5H3,(H-,52,55,56,57)/p+1/b15-14-,18-17-,44-42+. The molecule has 60 heavy (non-hydrogen) atoms. The van der Waals surface area contributed by atoms with E-state index in [-0.39, 0.29) is 19.1 Å². The Balaban J connectivity index is 3.66. The number of aliphatic hydroxyl groups is 1. The fourth-order valence-corrected chi connectivity index (χ4v) is 8.05. The Morgan fingerprint density at radius 1 is 0.567 bits per heavy atom. The number of unbranched alkanes of at least 4 members (excludes halogenated alkanes) is 29. The molecule has 0 rings (SSSR count). The predicted octanol–water partition coefficient (Wildman–Crippen LogP) is 14.6. The lowest BCUT2D eigenvalue weighted by atomic mass is 10.0. The van der Waals surface area contributed by atoms with Crippen molar-refractivity contribution in [3.8, 4) is 0 Å². The number of phosphoric ester groups is 1. The highest BCUT2D eigenvalue weighted by Gasteiger charge is 2.27. The summed E-state index contributed by atoms with van der Waals surface area (Å²) in [5.74, 6) is -0.186. The minimum atomic E-state index is -4.31. The molecule has 0 aliphatic carbocycles. The number of nitrogens with one attached hydrogen (secondary N) is 1. The average molecular weight is 868 g/mol. The summed E-state index contributed by atoms with van der Waals surface area (Å²) in [6.45, 7) is 4.60. The minimum Gasteiger partial charge on any atom is -0.387 e. The smallest absolute Gasteiger partial charge is 0.387 e. The van der Waals surface area contributed by atoms with E-state index in [1.54, 1.807) is 6.08 Å². The van der Waals surface area contributed by atoms with Crippen molar-refractivity contribution < 1.29 is 32.9 Å². The number of aliphatic hydroxyl groups excluding tert-OH is 1. The number of carbonyl (C=O) groups is 1. The first-order valence-corrected chi connectivity index (χ1v) is 26.9. The van der Waals surface area contributed by atoms with E-state index in [0.29, 0.717) is 17.4 Å². The number of rotatable bonds is 46. The molecule has 0 aromatic rings. The van der Waals surface area contributed by atoms with Crippen LogP contribution in [0.5, 0.6) is 0 Å². The molecule has 0 fully saturated rings. The van der Waals surface area contributed by atoms with Gasteiger partial charge in [0.15, 0.2) is 0 Å². The molecule has 0 aliphatic rings. The van der Waals surface area contributed by atoms with Crippen LogP contribution in [-0.4, -0.2) is 73.4 Å². The van der Waals surface area contributed by atoms with Crippen molar-refractivity contribution in [3.63, 3.8) is 0 Å². The number of hydrogen-bond acceptors (Lipinski definition) is 5. The largest absolute Gasteiger partial charge is 0.472 e. The zero-order chi connectivity index (χ0) is 44.3. The fraction of sp³-hybridized carbons (Fsp3) is 0.863. The Hall–Kier alpha value is -1.28. The molecule has 0 saturated heterocycles. The number of quaternary nitrogens is 1. The van der Waals surface area contributed by atoms with E-state index in [1.165, 1.54) is 173 Å². The molecular weight excluding hydrogens is 768 g/mol. The van der Waals surface area contributed by atoms with E-state index < -0.39 is 20.0 Å². The quantitative estimate of drug-likeness (QED) is 0.0244. The van der Waals surface area contributed by atoms with E-state index >= 15 is 0 Å². The van der Waals surface area contributed by atoms with Crippen LogP contribution >= 0.6 is 7.82 Å². The highest BCUT2D eigenvalue weighted by atomic mass is 31.2. The summed E-state index contributed by atoms with van der Waals surface area (Å²) in [6, 6.07) is -0.839. The van der Waals surface area contributed by atoms with Gasteiger partial charge >= 0.3 is 7.82 Å². The molecule has 0 spiro atoms. The van der Waals surface area contributed by atoms with Crippen molar-refractivity contribution in [1.82, 2.24) is 5.32 Å². The Morgan fingerprint density at radius 2 is 0.983 bits per heavy atom. The molecule has 8 nitrogen and oxygen atoms in total. The number of nitrogens with zero attached hydrogens (tertiary/aromatic N) is 1. The lowest BCUT2D eigenvalue weighted by Crippen LogP contribution is -2.45. The van der Waals surface area contributed by atoms with Gasteiger partial charge in [-0.3, -0.25) is 13.8 Å². The van der Waals surface area contributed by atoms with Crippen molar-refractivity contribution in [3.05, 3.63) is 36.5 Å². The van der Waals surface area contributed by atoms with Gasteiger partial charge in [0, 0.05) is 6.42 Å². The summed E-state index contributed by atoms with van der Waals surface area (Å²) in [5, 5.41) is 13.5. The number of hydrogen-bond donors (Lipinski definition) is 3. The van der Waals surface area contributed by atoms with Crippen LogP contribution in [0, 0.1) is 0 Å². The molecule has 3 N–H and O–H groups in total. The molecule has 0 saturated carbocycles. The van der Waals surface area contributed by atoms with Crippen molar-refractivity contribution in [2.75, 3.05) is 40.9 Å². The number of likely N-dealkylation sites (N-methyl/N-ethyl adjacent to an activating group) is 1. The Labute approximate surface area is 372 Å². The molecule has 3 unspecified atom stereocenters. The van der Waals surface area contributed by atoms with Crippen LogP contribution in [0.15, 0.2) is 36.5 Å². The first kappa shape index (κ1) is 58.7. The summed E-state index contributed by atoms with van der Waals surface area (Å²) in [7, 11) is 1.57. The zero-order valence-corrected chi connectivity index (χ0v) is 41.1. The first-order chi connectivity index (χ1) is 29.0. The average Bonchev–Trinajstić information content (AvgIpc) is 3.20. The third kappa shape index (κ3) is 44.8. The van der Waals surface area contributed by atoms with Gasteiger partial charge in [-0.15, -0.1) is 0 Å². The summed E-state index contributed by atoms with van der Waals surface area (Å²) in [6.07, 6.45) is 54.9. The zero-order valence-electron chi connectivity index (χ0n) is 40.2. The molecule has 0 radical (unpaired) electrons. The van der Waals surface area contributed by atoms with Crippen LogP contribution in [0.3, 0.4) is 0 Å². The summed E-state index contributed by atoms with van der Waals surface area (Å²) in [5.41, 5.74) is 0. The lowest BCUT2D eigenvalue weighted by Gasteiger charge is -2.25. The van der Waals surface area contributed by atoms with Crippen LogP contribution in [0.25, 0.3) is 0 Å². The summed E-state index contributed by atoms with van der Waals surface area (Å²) in [4.78, 5) is 22.8. The van der Waals surface area contributed by atoms with Crippen LogP contribution in [0.4, 0.5) is 0 Å². The van der Waals surface area contributed by atoms with Crippen LogP contribution < -0.4 is 5.32 Å². The molecular formula is C51H100N2O6P+. The summed E-state index contributed by atoms with van der Waals surface area (Å²) >= 11 is 0. The molecule has 3 atom stereocenters. The van der Waals surface area contributed by atoms with Gasteiger partial charge in [0.1, 0.15) is 13.2 Å². The topological polar surface area (TPSA) is 105 Å². The lowest BCUT2D eigenvalue weighted by molar-refractivity contribution is -0.870. The molecule has 0 aliphatic heterocycles. The second-order valence-electron chi connectivity index (χ2n) is 18.5. The van der Waals surface area contributed by atoms with Gasteiger partial charge in [0.2, 0.25) is 5.91 Å². The maximum Gasteiger partial charge on any atom is 0.472 e. The van der Waals surface area contributed by atoms with Crippen molar-refractivity contribution >= 4 is 13.7 Å². The maximum absolute atomic E-state index is 12.7. The number of amides is 1. The van der Waals surface area contributed by atoms with Crippen LogP contribution in [0.1, 0.15) is 232 Å². The number of phosphoric acid groups is 1. The van der Waals surface area contributed by atoms with Crippen LogP contribution in [-0.2, 0) is 18.4 Å². The summed E-state index contributed by atoms with van der Waals surface area (Å²) < 4.78 is 23.3. The molecule has 9 heteroatoms. The predicted molar refractivity (Wildman–Crippen MR) is 258 cm³/mol. The second-order valence-corrected chi connectivity index (χ2v) is 20.0. The van der Waals surface area contributed by atoms with E-state index in [1.807, 2.05) is 34.1 Å². The second kappa shape index (κ2) is 43.0. The third-order valence-corrected chi connectivity index (χ3v) is 12.3. The van der Waals surface area contributed by atoms with Gasteiger partial charge in [-0.2, -0.15) is 0 Å². The minimum absolute atomic E-state index is 0.0610. The van der Waals surface area contributed by atoms with Gasteiger partial charge in [0.25, 0.3) is 0 Å². The normalized spacial score (nSPS) is 14.4. The molecule has 354 valence electrons. The van der Waals surface area contributed by atoms with Gasteiger partial charge in [-0.25, -0.2) is 4.57 Å². The Kier molecular flexibility index (Phi) is 42.1. The van der Waals surface area contributed by atoms with Crippen molar-refractivity contribution in [2.45, 2.75) is 244 Å². The third-order valence-electron chi connectivity index (χ3n) is 11.3. The van der Waals surface area contributed by atoms with Crippen molar-refractivity contribution in [1.29, 1.82) is 0 Å². The Morgan fingerprint density at radius 3 is 1.40 bits per heavy atom. The monoisotopic (exact) mass is 868 g/mol. The molecule has 0 bridgehead atoms. The van der Waals surface area contributed by atoms with Gasteiger partial charge in [-0.05, 0) is 44.9 Å². The first-order valence-electron chi connectivity index (χ1n) is 25.4. The highest BCUT2D eigenvalue weighted by molar-refractivity contribution is 7.47. The van der Waals surface area contributed by atoms with Gasteiger partial charge < -0.3 is 19.8 Å². The number of allylic oxidation sites excluding steroid dienone is 5. The highest BCUT2D eigenvalue weighted by Crippen LogP contribution is 2.43. The maximum atomic E-state index is 12.7. The van der Waals surface area contributed by atoms with Crippen molar-refractivity contribution in [2.24, 2.45) is 0 Å². The van der Waals surface area contributed by atoms with E-state index in [9.17, 15) is 19.4 Å². The van der Waals surface area contributed by atoms with E-state index in [4.69, 9.17) is 9.05 Å². The molecule has 0 heterocycles. The molecule has 1 amide bonds. The number of carbonyl (C=O) groups excluding carboxylic acids is 1. The van der Waals surface area contributed by atoms with Gasteiger partial charge in [0.05, 0.1) is 39.9 Å².